The number of carbonyl (C=O) groups excluding carboxylic acids is 1. The summed E-state index contributed by atoms with van der Waals surface area (Å²) in [6.07, 6.45) is 0. The van der Waals surface area contributed by atoms with Crippen molar-refractivity contribution < 1.29 is 14.8 Å². The van der Waals surface area contributed by atoms with Crippen LogP contribution in [0.1, 0.15) is 24.2 Å². The summed E-state index contributed by atoms with van der Waals surface area (Å²) in [6, 6.07) is 5.77. The maximum atomic E-state index is 12.2. The van der Waals surface area contributed by atoms with Crippen LogP contribution in [-0.2, 0) is 0 Å². The Kier molecular flexibility index (Phi) is 4.03. The second kappa shape index (κ2) is 5.14. The van der Waals surface area contributed by atoms with Gasteiger partial charge in [0.15, 0.2) is 0 Å². The quantitative estimate of drug-likeness (QED) is 0.649. The number of rotatable bonds is 4. The lowest BCUT2D eigenvalue weighted by molar-refractivity contribution is -0.385. The van der Waals surface area contributed by atoms with Crippen molar-refractivity contribution in [2.75, 3.05) is 13.7 Å². The van der Waals surface area contributed by atoms with Crippen molar-refractivity contribution in [3.8, 4) is 0 Å². The molecule has 0 spiro atoms. The second-order valence-corrected chi connectivity index (χ2v) is 4.61. The number of carbonyl (C=O) groups is 1. The van der Waals surface area contributed by atoms with E-state index in [1.807, 2.05) is 0 Å². The Labute approximate surface area is 105 Å². The van der Waals surface area contributed by atoms with E-state index in [9.17, 15) is 20.0 Å². The molecule has 0 aromatic heterocycles. The van der Waals surface area contributed by atoms with Gasteiger partial charge in [-0.2, -0.15) is 0 Å². The molecular weight excluding hydrogens is 236 g/mol. The molecule has 0 aliphatic carbocycles. The predicted octanol–water partition coefficient (Wildman–Crippen LogP) is 1.44. The van der Waals surface area contributed by atoms with E-state index in [0.717, 1.165) is 0 Å². The first-order chi connectivity index (χ1) is 8.31. The van der Waals surface area contributed by atoms with Gasteiger partial charge in [0.05, 0.1) is 17.1 Å². The Balaban J connectivity index is 3.16. The number of benzene rings is 1. The van der Waals surface area contributed by atoms with Crippen LogP contribution >= 0.6 is 0 Å². The number of likely N-dealkylation sites (N-methyl/N-ethyl adjacent to an activating group) is 1. The fraction of sp³-hybridized carbons (Fsp3) is 0.417. The molecule has 0 saturated carbocycles. The van der Waals surface area contributed by atoms with Gasteiger partial charge in [0.25, 0.3) is 11.6 Å². The highest BCUT2D eigenvalue weighted by Gasteiger charge is 2.30. The topological polar surface area (TPSA) is 83.7 Å². The molecule has 0 radical (unpaired) electrons. The minimum atomic E-state index is -0.777. The summed E-state index contributed by atoms with van der Waals surface area (Å²) in [5, 5.41) is 20.1. The number of nitro groups is 1. The highest BCUT2D eigenvalue weighted by Crippen LogP contribution is 2.22. The fourth-order valence-electron chi connectivity index (χ4n) is 1.38. The van der Waals surface area contributed by atoms with Crippen LogP contribution in [0.15, 0.2) is 24.3 Å². The summed E-state index contributed by atoms with van der Waals surface area (Å²) in [5.41, 5.74) is -0.990. The van der Waals surface area contributed by atoms with Crippen molar-refractivity contribution in [1.29, 1.82) is 0 Å². The van der Waals surface area contributed by atoms with E-state index in [-0.39, 0.29) is 17.9 Å². The molecule has 0 aliphatic rings. The van der Waals surface area contributed by atoms with Crippen LogP contribution in [0.5, 0.6) is 0 Å². The third-order valence-electron chi connectivity index (χ3n) is 2.93. The van der Waals surface area contributed by atoms with Gasteiger partial charge in [0, 0.05) is 13.1 Å². The van der Waals surface area contributed by atoms with Gasteiger partial charge in [0.2, 0.25) is 0 Å². The average molecular weight is 252 g/mol. The lowest BCUT2D eigenvalue weighted by Crippen LogP contribution is -2.47. The van der Waals surface area contributed by atoms with Crippen molar-refractivity contribution >= 4 is 11.6 Å². The molecule has 0 heterocycles. The minimum Gasteiger partial charge on any atom is -0.394 e. The van der Waals surface area contributed by atoms with Gasteiger partial charge < -0.3 is 10.0 Å². The smallest absolute Gasteiger partial charge is 0.282 e. The van der Waals surface area contributed by atoms with Gasteiger partial charge in [-0.05, 0) is 19.9 Å². The van der Waals surface area contributed by atoms with Crippen molar-refractivity contribution in [1.82, 2.24) is 4.90 Å². The monoisotopic (exact) mass is 252 g/mol. The van der Waals surface area contributed by atoms with Gasteiger partial charge >= 0.3 is 0 Å². The van der Waals surface area contributed by atoms with Crippen LogP contribution in [0.25, 0.3) is 0 Å². The standard InChI is InChI=1S/C12H16N2O4/c1-12(2,8-15)13(3)11(16)9-6-4-5-7-10(9)14(17)18/h4-7,15H,8H2,1-3H3. The molecule has 6 heteroatoms. The van der Waals surface area contributed by atoms with E-state index < -0.39 is 16.4 Å². The first-order valence-corrected chi connectivity index (χ1v) is 5.43. The van der Waals surface area contributed by atoms with Crippen molar-refractivity contribution in [3.05, 3.63) is 39.9 Å². The summed E-state index contributed by atoms with van der Waals surface area (Å²) in [4.78, 5) is 23.7. The molecular formula is C12H16N2O4. The Hall–Kier alpha value is -1.95. The van der Waals surface area contributed by atoms with Gasteiger partial charge in [-0.3, -0.25) is 14.9 Å². The Morgan fingerprint density at radius 3 is 2.50 bits per heavy atom. The van der Waals surface area contributed by atoms with Crippen LogP contribution in [0.2, 0.25) is 0 Å². The number of nitro benzene ring substituents is 1. The number of aliphatic hydroxyl groups is 1. The first-order valence-electron chi connectivity index (χ1n) is 5.43. The molecule has 1 aromatic rings. The zero-order chi connectivity index (χ0) is 13.9. The van der Waals surface area contributed by atoms with Crippen LogP contribution in [0, 0.1) is 10.1 Å². The zero-order valence-corrected chi connectivity index (χ0v) is 10.6. The van der Waals surface area contributed by atoms with Gasteiger partial charge in [-0.15, -0.1) is 0 Å². The van der Waals surface area contributed by atoms with Crippen LogP contribution in [0.4, 0.5) is 5.69 Å². The number of para-hydroxylation sites is 1. The summed E-state index contributed by atoms with van der Waals surface area (Å²) in [7, 11) is 1.51. The molecule has 0 fully saturated rings. The SMILES string of the molecule is CN(C(=O)c1ccccc1[N+](=O)[O-])C(C)(C)CO. The zero-order valence-electron chi connectivity index (χ0n) is 10.6. The van der Waals surface area contributed by atoms with Crippen molar-refractivity contribution in [3.63, 3.8) is 0 Å². The lowest BCUT2D eigenvalue weighted by Gasteiger charge is -2.33. The molecule has 1 amide bonds. The second-order valence-electron chi connectivity index (χ2n) is 4.61. The average Bonchev–Trinajstić information content (AvgIpc) is 2.36. The van der Waals surface area contributed by atoms with Gasteiger partial charge in [-0.1, -0.05) is 12.1 Å². The van der Waals surface area contributed by atoms with E-state index >= 15 is 0 Å². The largest absolute Gasteiger partial charge is 0.394 e. The van der Waals surface area contributed by atoms with Crippen LogP contribution < -0.4 is 0 Å². The van der Waals surface area contributed by atoms with Gasteiger partial charge in [-0.25, -0.2) is 0 Å². The number of aliphatic hydroxyl groups excluding tert-OH is 1. The number of amides is 1. The molecule has 6 nitrogen and oxygen atoms in total. The predicted molar refractivity (Wildman–Crippen MR) is 66.4 cm³/mol. The summed E-state index contributed by atoms with van der Waals surface area (Å²) in [6.45, 7) is 3.13. The molecule has 18 heavy (non-hydrogen) atoms. The summed E-state index contributed by atoms with van der Waals surface area (Å²) >= 11 is 0. The molecule has 1 aromatic carbocycles. The Morgan fingerprint density at radius 1 is 1.44 bits per heavy atom. The molecule has 0 bridgehead atoms. The molecule has 0 atom stereocenters. The molecule has 98 valence electrons. The molecule has 1 N–H and O–H groups in total. The maximum absolute atomic E-state index is 12.2. The highest BCUT2D eigenvalue weighted by molar-refractivity contribution is 5.98. The lowest BCUT2D eigenvalue weighted by atomic mass is 10.0. The first kappa shape index (κ1) is 14.1. The number of hydrogen-bond acceptors (Lipinski definition) is 4. The molecule has 1 rings (SSSR count). The maximum Gasteiger partial charge on any atom is 0.282 e. The van der Waals surface area contributed by atoms with E-state index in [4.69, 9.17) is 0 Å². The molecule has 0 saturated heterocycles. The third-order valence-corrected chi connectivity index (χ3v) is 2.93. The van der Waals surface area contributed by atoms with Crippen LogP contribution in [-0.4, -0.2) is 40.0 Å². The Morgan fingerprint density at radius 2 is 2.00 bits per heavy atom. The minimum absolute atomic E-state index is 0.0199. The normalized spacial score (nSPS) is 11.1. The van der Waals surface area contributed by atoms with E-state index in [1.54, 1.807) is 19.9 Å². The molecule has 0 aliphatic heterocycles. The summed E-state index contributed by atoms with van der Waals surface area (Å²) in [5.74, 6) is -0.485. The number of hydrogen-bond donors (Lipinski definition) is 1. The summed E-state index contributed by atoms with van der Waals surface area (Å²) < 4.78 is 0. The third kappa shape index (κ3) is 2.65. The van der Waals surface area contributed by atoms with Crippen LogP contribution in [0.3, 0.4) is 0 Å². The number of nitrogens with zero attached hydrogens (tertiary/aromatic N) is 2. The molecule has 0 unspecified atom stereocenters. The van der Waals surface area contributed by atoms with E-state index in [0.29, 0.717) is 0 Å². The van der Waals surface area contributed by atoms with E-state index in [2.05, 4.69) is 0 Å². The van der Waals surface area contributed by atoms with Crippen molar-refractivity contribution in [2.45, 2.75) is 19.4 Å². The highest BCUT2D eigenvalue weighted by atomic mass is 16.6. The fourth-order valence-corrected chi connectivity index (χ4v) is 1.38. The van der Waals surface area contributed by atoms with Crippen molar-refractivity contribution in [2.24, 2.45) is 0 Å². The van der Waals surface area contributed by atoms with Gasteiger partial charge in [0.1, 0.15) is 5.56 Å². The Bertz CT molecular complexity index is 471. The van der Waals surface area contributed by atoms with E-state index in [1.165, 1.54) is 30.1 Å².